The summed E-state index contributed by atoms with van der Waals surface area (Å²) in [6, 6.07) is 14.9. The van der Waals surface area contributed by atoms with Gasteiger partial charge in [-0.3, -0.25) is 0 Å². The summed E-state index contributed by atoms with van der Waals surface area (Å²) in [6.07, 6.45) is -0.371. The van der Waals surface area contributed by atoms with E-state index in [2.05, 4.69) is 0 Å². The first-order valence-corrected chi connectivity index (χ1v) is 9.36. The van der Waals surface area contributed by atoms with Crippen LogP contribution in [0.25, 0.3) is 0 Å². The summed E-state index contributed by atoms with van der Waals surface area (Å²) in [5, 5.41) is 9.09. The van der Waals surface area contributed by atoms with Gasteiger partial charge in [-0.25, -0.2) is 0 Å². The Labute approximate surface area is 164 Å². The van der Waals surface area contributed by atoms with Gasteiger partial charge in [0.25, 0.3) is 0 Å². The van der Waals surface area contributed by atoms with E-state index in [4.69, 9.17) is 33.5 Å². The van der Waals surface area contributed by atoms with Gasteiger partial charge in [0.05, 0.1) is 26.4 Å². The van der Waals surface area contributed by atoms with Gasteiger partial charge < -0.3 is 33.5 Å². The van der Waals surface area contributed by atoms with Crippen LogP contribution in [0.5, 0.6) is 23.0 Å². The normalized spacial score (nSPS) is 16.5. The second kappa shape index (κ2) is 11.4. The molecule has 28 heavy (non-hydrogen) atoms. The first-order chi connectivity index (χ1) is 13.9. The Morgan fingerprint density at radius 1 is 0.714 bits per heavy atom. The average Bonchev–Trinajstić information content (AvgIpc) is 2.73. The number of hydrogen-bond donors (Lipinski definition) is 1. The maximum absolute atomic E-state index is 9.09. The highest BCUT2D eigenvalue weighted by atomic mass is 16.6. The van der Waals surface area contributed by atoms with E-state index in [-0.39, 0.29) is 32.5 Å². The highest BCUT2D eigenvalue weighted by Gasteiger charge is 2.15. The fourth-order valence-electron chi connectivity index (χ4n) is 2.63. The van der Waals surface area contributed by atoms with Crippen LogP contribution in [0.4, 0.5) is 0 Å². The molecule has 0 aliphatic carbocycles. The lowest BCUT2D eigenvalue weighted by Crippen LogP contribution is -2.30. The Bertz CT molecular complexity index is 651. The van der Waals surface area contributed by atoms with Crippen LogP contribution in [-0.2, 0) is 9.47 Å². The van der Waals surface area contributed by atoms with Crippen molar-refractivity contribution in [1.82, 2.24) is 0 Å². The third kappa shape index (κ3) is 6.30. The summed E-state index contributed by atoms with van der Waals surface area (Å²) < 4.78 is 34.5. The molecule has 152 valence electrons. The fraction of sp³-hybridized carbons (Fsp3) is 0.429. The molecular weight excluding hydrogens is 364 g/mol. The van der Waals surface area contributed by atoms with Crippen molar-refractivity contribution in [1.29, 1.82) is 0 Å². The molecular formula is C21H26O7. The van der Waals surface area contributed by atoms with E-state index in [9.17, 15) is 0 Å². The van der Waals surface area contributed by atoms with Crippen molar-refractivity contribution in [3.8, 4) is 23.0 Å². The van der Waals surface area contributed by atoms with Gasteiger partial charge in [-0.05, 0) is 24.3 Å². The number of benzene rings is 2. The van der Waals surface area contributed by atoms with Crippen LogP contribution in [0.15, 0.2) is 48.5 Å². The van der Waals surface area contributed by atoms with Gasteiger partial charge in [-0.1, -0.05) is 24.3 Å². The van der Waals surface area contributed by atoms with Gasteiger partial charge >= 0.3 is 0 Å². The molecule has 3 rings (SSSR count). The molecule has 0 saturated heterocycles. The molecule has 1 aliphatic heterocycles. The van der Waals surface area contributed by atoms with E-state index < -0.39 is 0 Å². The van der Waals surface area contributed by atoms with Crippen LogP contribution in [-0.4, -0.2) is 64.1 Å². The van der Waals surface area contributed by atoms with Crippen molar-refractivity contribution in [2.24, 2.45) is 0 Å². The van der Waals surface area contributed by atoms with Crippen molar-refractivity contribution < 1.29 is 33.5 Å². The van der Waals surface area contributed by atoms with Crippen LogP contribution < -0.4 is 18.9 Å². The van der Waals surface area contributed by atoms with Crippen molar-refractivity contribution in [2.75, 3.05) is 52.9 Å². The van der Waals surface area contributed by atoms with Crippen LogP contribution in [0.2, 0.25) is 0 Å². The summed E-state index contributed by atoms with van der Waals surface area (Å²) in [7, 11) is 0. The molecule has 0 aromatic heterocycles. The smallest absolute Gasteiger partial charge is 0.161 e. The third-order valence-corrected chi connectivity index (χ3v) is 3.96. The lowest BCUT2D eigenvalue weighted by atomic mass is 10.3. The molecule has 0 amide bonds. The first-order valence-electron chi connectivity index (χ1n) is 9.36. The van der Waals surface area contributed by atoms with Crippen molar-refractivity contribution in [3.63, 3.8) is 0 Å². The monoisotopic (exact) mass is 390 g/mol. The quantitative estimate of drug-likeness (QED) is 0.862. The van der Waals surface area contributed by atoms with E-state index in [1.165, 1.54) is 0 Å². The molecule has 0 bridgehead atoms. The molecule has 1 N–H and O–H groups in total. The van der Waals surface area contributed by atoms with E-state index in [0.717, 1.165) is 0 Å². The van der Waals surface area contributed by atoms with Crippen molar-refractivity contribution in [2.45, 2.75) is 6.10 Å². The maximum Gasteiger partial charge on any atom is 0.161 e. The zero-order valence-corrected chi connectivity index (χ0v) is 15.7. The number of aliphatic hydroxyl groups is 1. The summed E-state index contributed by atoms with van der Waals surface area (Å²) in [5.41, 5.74) is 0. The Morgan fingerprint density at radius 2 is 1.18 bits per heavy atom. The summed E-state index contributed by atoms with van der Waals surface area (Å²) in [6.45, 7) is 2.33. The van der Waals surface area contributed by atoms with Crippen LogP contribution in [0.3, 0.4) is 0 Å². The molecule has 1 heterocycles. The lowest BCUT2D eigenvalue weighted by molar-refractivity contribution is -0.0219. The molecule has 7 heteroatoms. The Balaban J connectivity index is 1.72. The zero-order chi connectivity index (χ0) is 19.4. The minimum Gasteiger partial charge on any atom is -0.487 e. The molecule has 0 saturated carbocycles. The third-order valence-electron chi connectivity index (χ3n) is 3.96. The minimum absolute atomic E-state index is 0.0735. The molecule has 0 unspecified atom stereocenters. The first kappa shape index (κ1) is 20.3. The molecule has 2 aromatic carbocycles. The second-order valence-electron chi connectivity index (χ2n) is 6.04. The fourth-order valence-corrected chi connectivity index (χ4v) is 2.63. The van der Waals surface area contributed by atoms with Crippen LogP contribution in [0, 0.1) is 0 Å². The number of aliphatic hydroxyl groups excluding tert-OH is 1. The SMILES string of the molecule is OCCOC1COc2ccccc2OCCOCCOc2ccccc2OC1. The predicted octanol–water partition coefficient (Wildman–Crippen LogP) is 2.31. The van der Waals surface area contributed by atoms with Gasteiger partial charge in [0.2, 0.25) is 0 Å². The molecule has 7 nitrogen and oxygen atoms in total. The standard InChI is InChI=1S/C21H26O7/c22-9-10-24-17-15-27-20-7-3-1-5-18(20)25-13-11-23-12-14-26-19-6-2-4-8-21(19)28-16-17/h1-8,17,22H,9-16H2. The van der Waals surface area contributed by atoms with Gasteiger partial charge in [0.15, 0.2) is 23.0 Å². The maximum atomic E-state index is 9.09. The Morgan fingerprint density at radius 3 is 1.64 bits per heavy atom. The lowest BCUT2D eigenvalue weighted by Gasteiger charge is -2.21. The van der Waals surface area contributed by atoms with E-state index in [1.54, 1.807) is 0 Å². The predicted molar refractivity (Wildman–Crippen MR) is 103 cm³/mol. The summed E-state index contributed by atoms with van der Waals surface area (Å²) in [4.78, 5) is 0. The van der Waals surface area contributed by atoms with Crippen LogP contribution in [0.1, 0.15) is 0 Å². The number of rotatable bonds is 3. The van der Waals surface area contributed by atoms with Gasteiger partial charge in [0.1, 0.15) is 32.5 Å². The van der Waals surface area contributed by atoms with Crippen molar-refractivity contribution >= 4 is 0 Å². The Kier molecular flexibility index (Phi) is 8.24. The molecule has 0 fully saturated rings. The number of hydrogen-bond acceptors (Lipinski definition) is 7. The zero-order valence-electron chi connectivity index (χ0n) is 15.7. The summed E-state index contributed by atoms with van der Waals surface area (Å²) in [5.74, 6) is 2.52. The number of para-hydroxylation sites is 4. The van der Waals surface area contributed by atoms with Crippen molar-refractivity contribution in [3.05, 3.63) is 48.5 Å². The molecule has 0 spiro atoms. The van der Waals surface area contributed by atoms with E-state index in [0.29, 0.717) is 49.4 Å². The number of ether oxygens (including phenoxy) is 6. The molecule has 2 aromatic rings. The van der Waals surface area contributed by atoms with Gasteiger partial charge in [-0.15, -0.1) is 0 Å². The Hall–Kier alpha value is -2.48. The second-order valence-corrected chi connectivity index (χ2v) is 6.04. The summed E-state index contributed by atoms with van der Waals surface area (Å²) >= 11 is 0. The van der Waals surface area contributed by atoms with Crippen LogP contribution >= 0.6 is 0 Å². The highest BCUT2D eigenvalue weighted by Crippen LogP contribution is 2.28. The largest absolute Gasteiger partial charge is 0.487 e. The molecule has 0 atom stereocenters. The molecule has 0 radical (unpaired) electrons. The van der Waals surface area contributed by atoms with Gasteiger partial charge in [-0.2, -0.15) is 0 Å². The average molecular weight is 390 g/mol. The molecule has 1 aliphatic rings. The topological polar surface area (TPSA) is 75.6 Å². The van der Waals surface area contributed by atoms with E-state index >= 15 is 0 Å². The van der Waals surface area contributed by atoms with Gasteiger partial charge in [0, 0.05) is 0 Å². The number of fused-ring (bicyclic) bond motifs is 2. The minimum atomic E-state index is -0.371. The van der Waals surface area contributed by atoms with E-state index in [1.807, 2.05) is 48.5 Å². The highest BCUT2D eigenvalue weighted by molar-refractivity contribution is 5.40.